The average molecular weight is 259 g/mol. The number of nitrogens with zero attached hydrogens (tertiary/aromatic N) is 2. The molecule has 1 amide bonds. The van der Waals surface area contributed by atoms with Gasteiger partial charge < -0.3 is 10.1 Å². The van der Waals surface area contributed by atoms with Crippen LogP contribution in [0.1, 0.15) is 23.7 Å². The van der Waals surface area contributed by atoms with Crippen molar-refractivity contribution in [1.29, 1.82) is 0 Å². The van der Waals surface area contributed by atoms with E-state index in [0.29, 0.717) is 17.7 Å². The molecule has 0 aliphatic heterocycles. The number of aromatic nitrogens is 2. The van der Waals surface area contributed by atoms with E-state index in [2.05, 4.69) is 15.3 Å². The predicted molar refractivity (Wildman–Crippen MR) is 73.0 cm³/mol. The molecule has 0 bridgehead atoms. The minimum absolute atomic E-state index is 0.00410. The van der Waals surface area contributed by atoms with Gasteiger partial charge in [0.1, 0.15) is 5.52 Å². The van der Waals surface area contributed by atoms with Crippen LogP contribution in [0.4, 0.5) is 0 Å². The van der Waals surface area contributed by atoms with Crippen LogP contribution in [-0.2, 0) is 4.74 Å². The molecule has 1 heterocycles. The average Bonchev–Trinajstić information content (AvgIpc) is 2.46. The number of benzene rings is 1. The fourth-order valence-electron chi connectivity index (χ4n) is 1.90. The standard InChI is InChI=1S/C14H17N3O2/c1-3-10(9-19-2)17-14(18)11-5-4-6-12-13(11)16-8-7-15-12/h4-8,10H,3,9H2,1-2H3,(H,17,18)/t10-/m1/s1. The number of rotatable bonds is 5. The maximum absolute atomic E-state index is 12.3. The van der Waals surface area contributed by atoms with Crippen LogP contribution in [-0.4, -0.2) is 35.6 Å². The number of fused-ring (bicyclic) bond motifs is 1. The van der Waals surface area contributed by atoms with E-state index in [1.54, 1.807) is 25.6 Å². The zero-order valence-electron chi connectivity index (χ0n) is 11.1. The highest BCUT2D eigenvalue weighted by molar-refractivity contribution is 6.04. The van der Waals surface area contributed by atoms with Crippen LogP contribution in [0, 0.1) is 0 Å². The number of carbonyl (C=O) groups is 1. The van der Waals surface area contributed by atoms with Crippen molar-refractivity contribution < 1.29 is 9.53 Å². The third-order valence-corrected chi connectivity index (χ3v) is 2.94. The van der Waals surface area contributed by atoms with Gasteiger partial charge in [0.15, 0.2) is 0 Å². The van der Waals surface area contributed by atoms with E-state index in [9.17, 15) is 4.79 Å². The van der Waals surface area contributed by atoms with E-state index in [-0.39, 0.29) is 11.9 Å². The number of hydrogen-bond acceptors (Lipinski definition) is 4. The van der Waals surface area contributed by atoms with Crippen LogP contribution < -0.4 is 5.32 Å². The minimum Gasteiger partial charge on any atom is -0.383 e. The molecule has 1 N–H and O–H groups in total. The number of hydrogen-bond donors (Lipinski definition) is 1. The second-order valence-corrected chi connectivity index (χ2v) is 4.26. The van der Waals surface area contributed by atoms with Crippen LogP contribution in [0.15, 0.2) is 30.6 Å². The summed E-state index contributed by atoms with van der Waals surface area (Å²) in [5.41, 5.74) is 1.88. The molecule has 1 aromatic carbocycles. The SMILES string of the molecule is CC[C@H](COC)NC(=O)c1cccc2nccnc12. The highest BCUT2D eigenvalue weighted by Gasteiger charge is 2.15. The third kappa shape index (κ3) is 3.06. The molecule has 0 aliphatic rings. The van der Waals surface area contributed by atoms with Crippen LogP contribution in [0.3, 0.4) is 0 Å². The Morgan fingerprint density at radius 3 is 2.89 bits per heavy atom. The maximum Gasteiger partial charge on any atom is 0.253 e. The molecule has 2 aromatic rings. The molecule has 19 heavy (non-hydrogen) atoms. The second kappa shape index (κ2) is 6.24. The fraction of sp³-hybridized carbons (Fsp3) is 0.357. The van der Waals surface area contributed by atoms with Gasteiger partial charge in [0, 0.05) is 19.5 Å². The number of nitrogens with one attached hydrogen (secondary N) is 1. The summed E-state index contributed by atoms with van der Waals surface area (Å²) < 4.78 is 5.08. The van der Waals surface area contributed by atoms with Crippen molar-refractivity contribution in [2.45, 2.75) is 19.4 Å². The van der Waals surface area contributed by atoms with Gasteiger partial charge >= 0.3 is 0 Å². The van der Waals surface area contributed by atoms with E-state index in [4.69, 9.17) is 4.74 Å². The first-order valence-electron chi connectivity index (χ1n) is 6.25. The van der Waals surface area contributed by atoms with Crippen LogP contribution in [0.2, 0.25) is 0 Å². The van der Waals surface area contributed by atoms with Crippen molar-refractivity contribution in [3.8, 4) is 0 Å². The molecule has 0 fully saturated rings. The van der Waals surface area contributed by atoms with Gasteiger partial charge in [-0.2, -0.15) is 0 Å². The highest BCUT2D eigenvalue weighted by atomic mass is 16.5. The molecule has 0 radical (unpaired) electrons. The molecule has 0 unspecified atom stereocenters. The molecule has 5 nitrogen and oxygen atoms in total. The molecule has 1 atom stereocenters. The first kappa shape index (κ1) is 13.4. The van der Waals surface area contributed by atoms with Crippen molar-refractivity contribution in [1.82, 2.24) is 15.3 Å². The zero-order valence-corrected chi connectivity index (χ0v) is 11.1. The largest absolute Gasteiger partial charge is 0.383 e. The first-order valence-corrected chi connectivity index (χ1v) is 6.25. The number of para-hydroxylation sites is 1. The lowest BCUT2D eigenvalue weighted by Crippen LogP contribution is -2.37. The summed E-state index contributed by atoms with van der Waals surface area (Å²) in [6.07, 6.45) is 4.02. The van der Waals surface area contributed by atoms with E-state index < -0.39 is 0 Å². The van der Waals surface area contributed by atoms with Crippen molar-refractivity contribution in [2.24, 2.45) is 0 Å². The van der Waals surface area contributed by atoms with E-state index >= 15 is 0 Å². The van der Waals surface area contributed by atoms with Crippen LogP contribution in [0.5, 0.6) is 0 Å². The molecule has 100 valence electrons. The summed E-state index contributed by atoms with van der Waals surface area (Å²) in [7, 11) is 1.62. The number of ether oxygens (including phenoxy) is 1. The monoisotopic (exact) mass is 259 g/mol. The Bertz CT molecular complexity index is 566. The molecule has 0 saturated heterocycles. The Labute approximate surface area is 112 Å². The molecular formula is C14H17N3O2. The third-order valence-electron chi connectivity index (χ3n) is 2.94. The molecule has 1 aromatic heterocycles. The van der Waals surface area contributed by atoms with Gasteiger partial charge in [0.25, 0.3) is 5.91 Å². The minimum atomic E-state index is -0.144. The summed E-state index contributed by atoms with van der Waals surface area (Å²) in [6, 6.07) is 5.41. The Kier molecular flexibility index (Phi) is 4.41. The molecule has 0 saturated carbocycles. The van der Waals surface area contributed by atoms with Gasteiger partial charge in [0.2, 0.25) is 0 Å². The predicted octanol–water partition coefficient (Wildman–Crippen LogP) is 1.78. The second-order valence-electron chi connectivity index (χ2n) is 4.26. The molecule has 0 aliphatic carbocycles. The molecule has 0 spiro atoms. The normalized spacial score (nSPS) is 12.3. The lowest BCUT2D eigenvalue weighted by molar-refractivity contribution is 0.0896. The van der Waals surface area contributed by atoms with E-state index in [0.717, 1.165) is 11.9 Å². The molecule has 2 rings (SSSR count). The first-order chi connectivity index (χ1) is 9.26. The van der Waals surface area contributed by atoms with Crippen LogP contribution in [0.25, 0.3) is 11.0 Å². The van der Waals surface area contributed by atoms with E-state index in [1.807, 2.05) is 19.1 Å². The molecular weight excluding hydrogens is 242 g/mol. The van der Waals surface area contributed by atoms with Gasteiger partial charge in [-0.05, 0) is 18.6 Å². The van der Waals surface area contributed by atoms with Gasteiger partial charge in [0.05, 0.1) is 23.7 Å². The summed E-state index contributed by atoms with van der Waals surface area (Å²) in [6.45, 7) is 2.51. The highest BCUT2D eigenvalue weighted by Crippen LogP contribution is 2.13. The number of methoxy groups -OCH3 is 1. The Balaban J connectivity index is 2.26. The van der Waals surface area contributed by atoms with Crippen molar-refractivity contribution in [3.05, 3.63) is 36.2 Å². The van der Waals surface area contributed by atoms with E-state index in [1.165, 1.54) is 0 Å². The lowest BCUT2D eigenvalue weighted by Gasteiger charge is -2.16. The van der Waals surface area contributed by atoms with Crippen molar-refractivity contribution >= 4 is 16.9 Å². The quantitative estimate of drug-likeness (QED) is 0.889. The Morgan fingerprint density at radius 1 is 1.37 bits per heavy atom. The fourth-order valence-corrected chi connectivity index (χ4v) is 1.90. The van der Waals surface area contributed by atoms with Gasteiger partial charge in [-0.25, -0.2) is 0 Å². The van der Waals surface area contributed by atoms with Crippen molar-refractivity contribution in [2.75, 3.05) is 13.7 Å². The Morgan fingerprint density at radius 2 is 2.16 bits per heavy atom. The smallest absolute Gasteiger partial charge is 0.253 e. The van der Waals surface area contributed by atoms with Crippen LogP contribution >= 0.6 is 0 Å². The summed E-state index contributed by atoms with van der Waals surface area (Å²) in [5.74, 6) is -0.144. The van der Waals surface area contributed by atoms with Gasteiger partial charge in [-0.1, -0.05) is 13.0 Å². The number of amides is 1. The molecule has 5 heteroatoms. The Hall–Kier alpha value is -2.01. The zero-order chi connectivity index (χ0) is 13.7. The summed E-state index contributed by atoms with van der Waals surface area (Å²) >= 11 is 0. The van der Waals surface area contributed by atoms with Gasteiger partial charge in [-0.15, -0.1) is 0 Å². The number of carbonyl (C=O) groups excluding carboxylic acids is 1. The summed E-state index contributed by atoms with van der Waals surface area (Å²) in [5, 5.41) is 2.94. The lowest BCUT2D eigenvalue weighted by atomic mass is 10.1. The maximum atomic E-state index is 12.3. The topological polar surface area (TPSA) is 64.1 Å². The van der Waals surface area contributed by atoms with Crippen molar-refractivity contribution in [3.63, 3.8) is 0 Å². The van der Waals surface area contributed by atoms with Gasteiger partial charge in [-0.3, -0.25) is 14.8 Å². The summed E-state index contributed by atoms with van der Waals surface area (Å²) in [4.78, 5) is 20.7.